The summed E-state index contributed by atoms with van der Waals surface area (Å²) in [6, 6.07) is 0. The van der Waals surface area contributed by atoms with Crippen molar-refractivity contribution in [2.45, 2.75) is 13.3 Å². The predicted octanol–water partition coefficient (Wildman–Crippen LogP) is 0.396. The normalized spacial score (nSPS) is 10.8. The average molecular weight is 178 g/mol. The van der Waals surface area contributed by atoms with E-state index >= 15 is 0 Å². The van der Waals surface area contributed by atoms with E-state index < -0.39 is 0 Å². The van der Waals surface area contributed by atoms with Crippen molar-refractivity contribution in [3.8, 4) is 0 Å². The quantitative estimate of drug-likeness (QED) is 0.590. The Bertz CT molecular complexity index is 496. The topological polar surface area (TPSA) is 87.6 Å². The molecule has 5 heteroatoms. The second kappa shape index (κ2) is 2.62. The van der Waals surface area contributed by atoms with Gasteiger partial charge in [0, 0.05) is 6.20 Å². The van der Waals surface area contributed by atoms with Gasteiger partial charge in [-0.3, -0.25) is 9.78 Å². The van der Waals surface area contributed by atoms with Crippen molar-refractivity contribution in [2.24, 2.45) is 0 Å². The van der Waals surface area contributed by atoms with E-state index in [1.807, 2.05) is 6.92 Å². The molecule has 0 amide bonds. The Balaban J connectivity index is 2.90. The Morgan fingerprint density at radius 3 is 3.08 bits per heavy atom. The Labute approximate surface area is 74.0 Å². The van der Waals surface area contributed by atoms with Gasteiger partial charge in [-0.2, -0.15) is 0 Å². The summed E-state index contributed by atoms with van der Waals surface area (Å²) in [6.07, 6.45) is 2.61. The summed E-state index contributed by atoms with van der Waals surface area (Å²) in [7, 11) is 0. The van der Waals surface area contributed by atoms with Crippen LogP contribution >= 0.6 is 0 Å². The second-order valence-electron chi connectivity index (χ2n) is 2.84. The molecular weight excluding hydrogens is 168 g/mol. The number of hydrogen-bond acceptors (Lipinski definition) is 3. The van der Waals surface area contributed by atoms with Crippen LogP contribution in [-0.4, -0.2) is 15.0 Å². The van der Waals surface area contributed by atoms with E-state index in [0.29, 0.717) is 11.0 Å². The number of rotatable bonds is 1. The zero-order valence-corrected chi connectivity index (χ0v) is 7.22. The van der Waals surface area contributed by atoms with E-state index in [-0.39, 0.29) is 11.5 Å². The van der Waals surface area contributed by atoms with Crippen LogP contribution in [-0.2, 0) is 6.42 Å². The molecule has 0 aliphatic carbocycles. The highest BCUT2D eigenvalue weighted by atomic mass is 16.1. The van der Waals surface area contributed by atoms with Gasteiger partial charge in [0.25, 0.3) is 5.56 Å². The van der Waals surface area contributed by atoms with Crippen molar-refractivity contribution >= 4 is 17.0 Å². The lowest BCUT2D eigenvalue weighted by Crippen LogP contribution is -2.11. The fourth-order valence-corrected chi connectivity index (χ4v) is 1.35. The fourth-order valence-electron chi connectivity index (χ4n) is 1.35. The van der Waals surface area contributed by atoms with Gasteiger partial charge in [0.15, 0.2) is 0 Å². The summed E-state index contributed by atoms with van der Waals surface area (Å²) in [5, 5.41) is 0. The Kier molecular flexibility index (Phi) is 1.58. The fraction of sp³-hybridized carbons (Fsp3) is 0.250. The maximum Gasteiger partial charge on any atom is 0.276 e. The Morgan fingerprint density at radius 2 is 2.38 bits per heavy atom. The Morgan fingerprint density at radius 1 is 1.62 bits per heavy atom. The number of hydrogen-bond donors (Lipinski definition) is 3. The van der Waals surface area contributed by atoms with Gasteiger partial charge in [0.2, 0.25) is 5.95 Å². The summed E-state index contributed by atoms with van der Waals surface area (Å²) in [6.45, 7) is 2.00. The molecule has 0 fully saturated rings. The lowest BCUT2D eigenvalue weighted by Gasteiger charge is -1.94. The van der Waals surface area contributed by atoms with Crippen LogP contribution in [0.25, 0.3) is 11.0 Å². The largest absolute Gasteiger partial charge is 0.369 e. The molecular formula is C8H10N4O. The number of aromatic nitrogens is 3. The van der Waals surface area contributed by atoms with E-state index in [1.165, 1.54) is 0 Å². The van der Waals surface area contributed by atoms with Gasteiger partial charge < -0.3 is 10.7 Å². The van der Waals surface area contributed by atoms with Gasteiger partial charge >= 0.3 is 0 Å². The summed E-state index contributed by atoms with van der Waals surface area (Å²) in [5.74, 6) is 0.159. The van der Waals surface area contributed by atoms with Crippen LogP contribution in [0, 0.1) is 0 Å². The van der Waals surface area contributed by atoms with Crippen LogP contribution in [0.5, 0.6) is 0 Å². The molecule has 2 aromatic heterocycles. The second-order valence-corrected chi connectivity index (χ2v) is 2.84. The summed E-state index contributed by atoms with van der Waals surface area (Å²) in [4.78, 5) is 20.7. The monoisotopic (exact) mass is 178 g/mol. The maximum atomic E-state index is 11.3. The first-order chi connectivity index (χ1) is 6.22. The molecule has 0 aliphatic heterocycles. The zero-order chi connectivity index (χ0) is 9.42. The van der Waals surface area contributed by atoms with Crippen LogP contribution in [0.1, 0.15) is 12.5 Å². The highest BCUT2D eigenvalue weighted by molar-refractivity contribution is 5.78. The molecule has 2 heterocycles. The van der Waals surface area contributed by atoms with Crippen LogP contribution < -0.4 is 11.3 Å². The number of nitrogens with one attached hydrogen (secondary N) is 2. The first-order valence-corrected chi connectivity index (χ1v) is 4.08. The van der Waals surface area contributed by atoms with Crippen molar-refractivity contribution in [2.75, 3.05) is 5.73 Å². The number of nitrogen functional groups attached to an aromatic ring is 1. The minimum atomic E-state index is -0.220. The third-order valence-corrected chi connectivity index (χ3v) is 2.01. The minimum absolute atomic E-state index is 0.159. The van der Waals surface area contributed by atoms with E-state index in [9.17, 15) is 4.79 Å². The highest BCUT2D eigenvalue weighted by Crippen LogP contribution is 2.12. The summed E-state index contributed by atoms with van der Waals surface area (Å²) in [5.41, 5.74) is 7.38. The molecule has 2 aromatic rings. The lowest BCUT2D eigenvalue weighted by atomic mass is 10.2. The first kappa shape index (κ1) is 7.85. The SMILES string of the molecule is CCc1c[nH]c2c(=O)[nH]c(N)nc12. The number of nitrogens with zero attached hydrogens (tertiary/aromatic N) is 1. The van der Waals surface area contributed by atoms with Gasteiger partial charge in [-0.15, -0.1) is 0 Å². The summed E-state index contributed by atoms with van der Waals surface area (Å²) < 4.78 is 0. The van der Waals surface area contributed by atoms with Crippen LogP contribution in [0.4, 0.5) is 5.95 Å². The van der Waals surface area contributed by atoms with E-state index in [1.54, 1.807) is 6.20 Å². The first-order valence-electron chi connectivity index (χ1n) is 4.08. The third-order valence-electron chi connectivity index (χ3n) is 2.01. The van der Waals surface area contributed by atoms with Crippen LogP contribution in [0.15, 0.2) is 11.0 Å². The number of aryl methyl sites for hydroxylation is 1. The molecule has 0 unspecified atom stereocenters. The molecule has 0 saturated heterocycles. The van der Waals surface area contributed by atoms with Crippen molar-refractivity contribution < 1.29 is 0 Å². The van der Waals surface area contributed by atoms with Gasteiger partial charge in [0.1, 0.15) is 11.0 Å². The standard InChI is InChI=1S/C8H10N4O/c1-2-4-3-10-6-5(4)11-8(9)12-7(6)13/h3,10H,2H2,1H3,(H3,9,11,12,13). The van der Waals surface area contributed by atoms with Gasteiger partial charge in [0.05, 0.1) is 0 Å². The van der Waals surface area contributed by atoms with Crippen molar-refractivity contribution in [1.82, 2.24) is 15.0 Å². The molecule has 0 bridgehead atoms. The minimum Gasteiger partial charge on any atom is -0.369 e. The molecule has 2 rings (SSSR count). The number of H-pyrrole nitrogens is 2. The molecule has 68 valence electrons. The van der Waals surface area contributed by atoms with E-state index in [2.05, 4.69) is 15.0 Å². The summed E-state index contributed by atoms with van der Waals surface area (Å²) >= 11 is 0. The molecule has 0 spiro atoms. The van der Waals surface area contributed by atoms with Gasteiger partial charge in [-0.25, -0.2) is 4.98 Å². The van der Waals surface area contributed by atoms with E-state index in [0.717, 1.165) is 12.0 Å². The molecule has 0 radical (unpaired) electrons. The van der Waals surface area contributed by atoms with Crippen molar-refractivity contribution in [3.05, 3.63) is 22.1 Å². The predicted molar refractivity (Wildman–Crippen MR) is 50.5 cm³/mol. The smallest absolute Gasteiger partial charge is 0.276 e. The molecule has 4 N–H and O–H groups in total. The molecule has 0 aliphatic rings. The number of nitrogens with two attached hydrogens (primary N) is 1. The van der Waals surface area contributed by atoms with Crippen LogP contribution in [0.2, 0.25) is 0 Å². The molecule has 0 aromatic carbocycles. The Hall–Kier alpha value is -1.78. The van der Waals surface area contributed by atoms with Crippen LogP contribution in [0.3, 0.4) is 0 Å². The average Bonchev–Trinajstić information content (AvgIpc) is 2.47. The molecule has 13 heavy (non-hydrogen) atoms. The maximum absolute atomic E-state index is 11.3. The van der Waals surface area contributed by atoms with E-state index in [4.69, 9.17) is 5.73 Å². The van der Waals surface area contributed by atoms with Crippen molar-refractivity contribution in [3.63, 3.8) is 0 Å². The molecule has 0 atom stereocenters. The molecule has 0 saturated carbocycles. The zero-order valence-electron chi connectivity index (χ0n) is 7.22. The molecule has 5 nitrogen and oxygen atoms in total. The van der Waals surface area contributed by atoms with Gasteiger partial charge in [-0.05, 0) is 12.0 Å². The number of aromatic amines is 2. The number of fused-ring (bicyclic) bond motifs is 1. The lowest BCUT2D eigenvalue weighted by molar-refractivity contribution is 1.14. The van der Waals surface area contributed by atoms with Gasteiger partial charge in [-0.1, -0.05) is 6.92 Å². The van der Waals surface area contributed by atoms with Crippen molar-refractivity contribution in [1.29, 1.82) is 0 Å². The highest BCUT2D eigenvalue weighted by Gasteiger charge is 2.07. The third kappa shape index (κ3) is 1.09. The number of anilines is 1.